The Labute approximate surface area is 332 Å². The van der Waals surface area contributed by atoms with Gasteiger partial charge in [-0.2, -0.15) is 0 Å². The van der Waals surface area contributed by atoms with Crippen LogP contribution in [0.25, 0.3) is 44.7 Å². The molecule has 2 aromatic carbocycles. The summed E-state index contributed by atoms with van der Waals surface area (Å²) in [6.45, 7) is 5.30. The first-order chi connectivity index (χ1) is 27.7. The van der Waals surface area contributed by atoms with E-state index in [1.165, 1.54) is 13.2 Å². The van der Waals surface area contributed by atoms with Gasteiger partial charge in [0, 0.05) is 35.2 Å². The minimum Gasteiger partial charge on any atom is -0.464 e. The number of fused-ring (bicyclic) bond motifs is 5. The fourth-order valence-electron chi connectivity index (χ4n) is 8.64. The number of ether oxygens (including phenoxy) is 2. The van der Waals surface area contributed by atoms with Gasteiger partial charge in [0.05, 0.1) is 69.6 Å². The molecule has 1 saturated carbocycles. The van der Waals surface area contributed by atoms with Gasteiger partial charge in [-0.1, -0.05) is 19.9 Å². The van der Waals surface area contributed by atoms with Crippen LogP contribution in [0.4, 0.5) is 9.18 Å². The van der Waals surface area contributed by atoms with E-state index in [0.717, 1.165) is 82.2 Å². The SMILES string of the molecule is COC(=O)N[C@H](C(=O)N1CCC[C@H]1c1ncc(-c2cc(F)c3c(c2)OC(c2cnc(C4CC4)s2)n2c-3cc3cc(-c4cnc([C@@H]5CCCN5)[nH]4)ccc32)[nH]1)C(C)C. The average Bonchev–Trinajstić information content (AvgIpc) is 3.94. The van der Waals surface area contributed by atoms with E-state index in [4.69, 9.17) is 19.4 Å². The summed E-state index contributed by atoms with van der Waals surface area (Å²) in [7, 11) is 1.28. The number of carbonyl (C=O) groups excluding carboxylic acids is 2. The van der Waals surface area contributed by atoms with Gasteiger partial charge in [-0.3, -0.25) is 9.36 Å². The second-order valence-electron chi connectivity index (χ2n) is 15.9. The van der Waals surface area contributed by atoms with Crippen molar-refractivity contribution in [2.45, 2.75) is 82.6 Å². The van der Waals surface area contributed by atoms with Gasteiger partial charge in [-0.15, -0.1) is 11.3 Å². The van der Waals surface area contributed by atoms with Crippen molar-refractivity contribution in [2.24, 2.45) is 5.92 Å². The van der Waals surface area contributed by atoms with E-state index in [0.29, 0.717) is 47.3 Å². The quantitative estimate of drug-likeness (QED) is 0.115. The van der Waals surface area contributed by atoms with Crippen LogP contribution in [0.15, 0.2) is 55.0 Å². The number of alkyl carbamates (subject to hydrolysis) is 1. The van der Waals surface area contributed by atoms with Gasteiger partial charge in [-0.05, 0) is 81.3 Å². The Morgan fingerprint density at radius 2 is 1.77 bits per heavy atom. The third-order valence-electron chi connectivity index (χ3n) is 11.8. The van der Waals surface area contributed by atoms with Crippen LogP contribution in [0.3, 0.4) is 0 Å². The summed E-state index contributed by atoms with van der Waals surface area (Å²) in [6.07, 6.45) is 10.2. The monoisotopic (exact) mass is 789 g/mol. The van der Waals surface area contributed by atoms with Crippen LogP contribution in [0.1, 0.15) is 98.1 Å². The lowest BCUT2D eigenvalue weighted by Gasteiger charge is -2.30. The first kappa shape index (κ1) is 35.8. The first-order valence-corrected chi connectivity index (χ1v) is 20.7. The Morgan fingerprint density at radius 3 is 2.54 bits per heavy atom. The highest BCUT2D eigenvalue weighted by Gasteiger charge is 2.38. The number of carbonyl (C=O) groups is 2. The van der Waals surface area contributed by atoms with E-state index in [-0.39, 0.29) is 23.9 Å². The van der Waals surface area contributed by atoms with Crippen LogP contribution >= 0.6 is 11.3 Å². The maximum atomic E-state index is 16.7. The Balaban J connectivity index is 0.999. The molecule has 4 aromatic heterocycles. The Morgan fingerprint density at radius 1 is 0.965 bits per heavy atom. The largest absolute Gasteiger partial charge is 0.464 e. The van der Waals surface area contributed by atoms with Gasteiger partial charge < -0.3 is 35.0 Å². The van der Waals surface area contributed by atoms with Gasteiger partial charge in [0.25, 0.3) is 0 Å². The van der Waals surface area contributed by atoms with Crippen molar-refractivity contribution >= 4 is 34.2 Å². The molecule has 1 unspecified atom stereocenters. The van der Waals surface area contributed by atoms with E-state index >= 15 is 4.39 Å². The molecule has 0 spiro atoms. The van der Waals surface area contributed by atoms with Crippen LogP contribution in [0, 0.1) is 11.7 Å². The molecule has 0 bridgehead atoms. The van der Waals surface area contributed by atoms with Gasteiger partial charge in [0.1, 0.15) is 29.3 Å². The highest BCUT2D eigenvalue weighted by atomic mass is 32.1. The summed E-state index contributed by atoms with van der Waals surface area (Å²) < 4.78 is 30.4. The zero-order valence-corrected chi connectivity index (χ0v) is 32.8. The summed E-state index contributed by atoms with van der Waals surface area (Å²) in [5.74, 6) is 1.71. The molecule has 1 aliphatic carbocycles. The number of aromatic amines is 2. The number of aromatic nitrogens is 6. The van der Waals surface area contributed by atoms with Crippen molar-refractivity contribution in [3.05, 3.63) is 82.3 Å². The second-order valence-corrected chi connectivity index (χ2v) is 17.0. The Hall–Kier alpha value is -5.54. The molecular formula is C42H44FN9O4S. The van der Waals surface area contributed by atoms with Crippen LogP contribution in [-0.4, -0.2) is 72.6 Å². The van der Waals surface area contributed by atoms with E-state index < -0.39 is 24.2 Å². The van der Waals surface area contributed by atoms with Crippen molar-refractivity contribution in [2.75, 3.05) is 20.2 Å². The number of benzene rings is 2. The molecule has 15 heteroatoms. The fraction of sp³-hybridized carbons (Fsp3) is 0.405. The molecule has 0 radical (unpaired) electrons. The maximum Gasteiger partial charge on any atom is 0.407 e. The smallest absolute Gasteiger partial charge is 0.407 e. The van der Waals surface area contributed by atoms with E-state index in [2.05, 4.69) is 48.4 Å². The lowest BCUT2D eigenvalue weighted by molar-refractivity contribution is -0.135. The van der Waals surface area contributed by atoms with Crippen molar-refractivity contribution in [1.29, 1.82) is 0 Å². The van der Waals surface area contributed by atoms with Crippen molar-refractivity contribution in [3.63, 3.8) is 0 Å². The van der Waals surface area contributed by atoms with Crippen molar-refractivity contribution in [3.8, 4) is 39.5 Å². The number of imidazole rings is 2. The zero-order valence-electron chi connectivity index (χ0n) is 32.0. The van der Waals surface area contributed by atoms with Crippen molar-refractivity contribution in [1.82, 2.24) is 45.0 Å². The predicted molar refractivity (Wildman–Crippen MR) is 213 cm³/mol. The number of H-pyrrole nitrogens is 2. The summed E-state index contributed by atoms with van der Waals surface area (Å²) in [5, 5.41) is 8.27. The maximum absolute atomic E-state index is 16.7. The number of methoxy groups -OCH3 is 1. The number of halogens is 1. The molecule has 13 nitrogen and oxygen atoms in total. The number of rotatable bonds is 9. The van der Waals surface area contributed by atoms with Gasteiger partial charge in [0.2, 0.25) is 12.1 Å². The molecule has 2 saturated heterocycles. The van der Waals surface area contributed by atoms with E-state index in [1.54, 1.807) is 22.4 Å². The van der Waals surface area contributed by atoms with Crippen LogP contribution < -0.4 is 15.4 Å². The van der Waals surface area contributed by atoms with Gasteiger partial charge in [0.15, 0.2) is 0 Å². The fourth-order valence-corrected chi connectivity index (χ4v) is 9.75. The standard InChI is InChI=1S/C42H44FN9O4S/c1-21(2)36(50-42(54)55-3)40(53)51-13-5-7-31(51)38-46-19-29(49-38)24-15-26(43)35-32-16-25-14-23(28-18-45-37(48-28)27-6-4-12-44-27)10-11-30(25)52(32)41(56-33(35)17-24)34-20-47-39(57-34)22-8-9-22/h10-11,14-22,27,31,36,41,44H,4-9,12-13H2,1-3H3,(H,45,48)(H,46,49)(H,50,54)/t27-,31-,36-,41?/m0/s1. The molecule has 4 atom stereocenters. The van der Waals surface area contributed by atoms with Crippen LogP contribution in [-0.2, 0) is 9.53 Å². The van der Waals surface area contributed by atoms with E-state index in [9.17, 15) is 9.59 Å². The van der Waals surface area contributed by atoms with Crippen LogP contribution in [0.2, 0.25) is 0 Å². The Kier molecular flexibility index (Phi) is 8.89. The minimum absolute atomic E-state index is 0.151. The first-order valence-electron chi connectivity index (χ1n) is 19.8. The lowest BCUT2D eigenvalue weighted by atomic mass is 10.0. The topological polar surface area (TPSA) is 155 Å². The summed E-state index contributed by atoms with van der Waals surface area (Å²) in [6, 6.07) is 10.9. The molecule has 6 aromatic rings. The lowest BCUT2D eigenvalue weighted by Crippen LogP contribution is -2.51. The zero-order chi connectivity index (χ0) is 38.9. The van der Waals surface area contributed by atoms with Crippen LogP contribution in [0.5, 0.6) is 5.75 Å². The molecule has 7 heterocycles. The second kappa shape index (κ2) is 14.1. The molecule has 3 aliphatic heterocycles. The third kappa shape index (κ3) is 6.36. The average molecular weight is 790 g/mol. The van der Waals surface area contributed by atoms with Crippen molar-refractivity contribution < 1.29 is 23.5 Å². The number of nitrogens with zero attached hydrogens (tertiary/aromatic N) is 5. The Bertz CT molecular complexity index is 2510. The number of hydrogen-bond donors (Lipinski definition) is 4. The number of nitrogens with one attached hydrogen (secondary N) is 4. The number of likely N-dealkylation sites (tertiary alicyclic amines) is 1. The number of hydrogen-bond acceptors (Lipinski definition) is 9. The summed E-state index contributed by atoms with van der Waals surface area (Å²) in [5.41, 5.74) is 5.17. The third-order valence-corrected chi connectivity index (χ3v) is 13.0. The molecule has 57 heavy (non-hydrogen) atoms. The van der Waals surface area contributed by atoms with Gasteiger partial charge >= 0.3 is 6.09 Å². The summed E-state index contributed by atoms with van der Waals surface area (Å²) in [4.78, 5) is 49.6. The highest BCUT2D eigenvalue weighted by Crippen LogP contribution is 2.49. The minimum atomic E-state index is -0.745. The molecule has 294 valence electrons. The van der Waals surface area contributed by atoms with Gasteiger partial charge in [-0.25, -0.2) is 24.1 Å². The number of amides is 2. The summed E-state index contributed by atoms with van der Waals surface area (Å²) >= 11 is 1.66. The molecular weight excluding hydrogens is 746 g/mol. The normalized spacial score (nSPS) is 20.8. The van der Waals surface area contributed by atoms with E-state index in [1.807, 2.05) is 38.4 Å². The number of thiazole rings is 1. The molecule has 4 N–H and O–H groups in total. The molecule has 10 rings (SSSR count). The predicted octanol–water partition coefficient (Wildman–Crippen LogP) is 7.97. The molecule has 3 fully saturated rings. The molecule has 4 aliphatic rings. The highest BCUT2D eigenvalue weighted by molar-refractivity contribution is 7.11. The molecule has 2 amide bonds.